The van der Waals surface area contributed by atoms with E-state index in [2.05, 4.69) is 16.0 Å². The number of nitrogens with zero attached hydrogens (tertiary/aromatic N) is 1. The Kier molecular flexibility index (Phi) is 7.52. The van der Waals surface area contributed by atoms with Crippen molar-refractivity contribution in [2.75, 3.05) is 22.5 Å². The van der Waals surface area contributed by atoms with Gasteiger partial charge in [-0.2, -0.15) is 0 Å². The van der Waals surface area contributed by atoms with Gasteiger partial charge in [-0.3, -0.25) is 19.2 Å². The molecule has 3 N–H and O–H groups in total. The number of hydrogen-bond acceptors (Lipinski definition) is 4. The summed E-state index contributed by atoms with van der Waals surface area (Å²) in [4.78, 5) is 50.3. The molecule has 0 saturated carbocycles. The second-order valence-corrected chi connectivity index (χ2v) is 8.27. The minimum absolute atomic E-state index is 0.0538. The van der Waals surface area contributed by atoms with Crippen LogP contribution in [0.25, 0.3) is 0 Å². The molecule has 0 aliphatic carbocycles. The molecule has 1 fully saturated rings. The van der Waals surface area contributed by atoms with Crippen molar-refractivity contribution in [3.05, 3.63) is 90.0 Å². The van der Waals surface area contributed by atoms with Gasteiger partial charge in [0.2, 0.25) is 18.2 Å². The summed E-state index contributed by atoms with van der Waals surface area (Å²) in [7, 11) is 0. The predicted octanol–water partition coefficient (Wildman–Crippen LogP) is 3.68. The van der Waals surface area contributed by atoms with E-state index >= 15 is 0 Å². The molecule has 178 valence electrons. The Bertz CT molecular complexity index is 1190. The van der Waals surface area contributed by atoms with Crippen LogP contribution >= 0.6 is 0 Å². The summed E-state index contributed by atoms with van der Waals surface area (Å²) in [6.07, 6.45) is 2.26. The smallest absolute Gasteiger partial charge is 0.255 e. The van der Waals surface area contributed by atoms with E-state index in [0.717, 1.165) is 12.0 Å². The molecule has 8 nitrogen and oxygen atoms in total. The van der Waals surface area contributed by atoms with E-state index in [4.69, 9.17) is 0 Å². The third-order valence-electron chi connectivity index (χ3n) is 5.86. The fourth-order valence-electron chi connectivity index (χ4n) is 4.06. The SMILES string of the molecule is O=CNc1ccc(C(=O)Nc2ccc(NC(=O)[C@@H]3CCCN3C(=O)Cc3ccccc3)cc2)cc1. The van der Waals surface area contributed by atoms with Crippen molar-refractivity contribution in [3.8, 4) is 0 Å². The lowest BCUT2D eigenvalue weighted by atomic mass is 10.1. The molecule has 1 saturated heterocycles. The zero-order chi connectivity index (χ0) is 24.6. The van der Waals surface area contributed by atoms with Crippen molar-refractivity contribution >= 4 is 41.2 Å². The highest BCUT2D eigenvalue weighted by molar-refractivity contribution is 6.04. The molecule has 0 unspecified atom stereocenters. The third-order valence-corrected chi connectivity index (χ3v) is 5.86. The maximum absolute atomic E-state index is 12.9. The zero-order valence-electron chi connectivity index (χ0n) is 19.1. The van der Waals surface area contributed by atoms with Gasteiger partial charge in [-0.25, -0.2) is 0 Å². The minimum Gasteiger partial charge on any atom is -0.330 e. The molecular weight excluding hydrogens is 444 g/mol. The van der Waals surface area contributed by atoms with Crippen molar-refractivity contribution in [2.45, 2.75) is 25.3 Å². The first-order valence-corrected chi connectivity index (χ1v) is 11.4. The summed E-state index contributed by atoms with van der Waals surface area (Å²) in [6.45, 7) is 0.570. The molecule has 0 bridgehead atoms. The normalized spacial score (nSPS) is 14.7. The van der Waals surface area contributed by atoms with Gasteiger partial charge in [0.1, 0.15) is 6.04 Å². The molecule has 1 aliphatic heterocycles. The van der Waals surface area contributed by atoms with Gasteiger partial charge in [0.25, 0.3) is 5.91 Å². The Morgan fingerprint density at radius 3 is 2.11 bits per heavy atom. The van der Waals surface area contributed by atoms with E-state index in [9.17, 15) is 19.2 Å². The number of anilines is 3. The van der Waals surface area contributed by atoms with E-state index in [0.29, 0.717) is 42.0 Å². The summed E-state index contributed by atoms with van der Waals surface area (Å²) >= 11 is 0. The molecule has 1 heterocycles. The lowest BCUT2D eigenvalue weighted by molar-refractivity contribution is -0.136. The molecule has 3 aromatic carbocycles. The van der Waals surface area contributed by atoms with Crippen LogP contribution in [-0.2, 0) is 20.8 Å². The van der Waals surface area contributed by atoms with Gasteiger partial charge in [-0.1, -0.05) is 30.3 Å². The molecule has 8 heteroatoms. The van der Waals surface area contributed by atoms with Gasteiger partial charge in [-0.15, -0.1) is 0 Å². The molecule has 4 rings (SSSR count). The Balaban J connectivity index is 1.32. The highest BCUT2D eigenvalue weighted by Gasteiger charge is 2.33. The van der Waals surface area contributed by atoms with Crippen LogP contribution in [0.15, 0.2) is 78.9 Å². The average Bonchev–Trinajstić information content (AvgIpc) is 3.37. The summed E-state index contributed by atoms with van der Waals surface area (Å²) in [5.41, 5.74) is 3.12. The summed E-state index contributed by atoms with van der Waals surface area (Å²) in [6, 6.07) is 22.3. The van der Waals surface area contributed by atoms with Crippen LogP contribution in [0.1, 0.15) is 28.8 Å². The molecule has 0 aromatic heterocycles. The van der Waals surface area contributed by atoms with Gasteiger partial charge in [0.05, 0.1) is 6.42 Å². The van der Waals surface area contributed by atoms with Crippen LogP contribution < -0.4 is 16.0 Å². The number of hydrogen-bond donors (Lipinski definition) is 3. The number of nitrogens with one attached hydrogen (secondary N) is 3. The Morgan fingerprint density at radius 1 is 0.829 bits per heavy atom. The van der Waals surface area contributed by atoms with E-state index in [1.54, 1.807) is 53.4 Å². The maximum atomic E-state index is 12.9. The first-order chi connectivity index (χ1) is 17.0. The van der Waals surface area contributed by atoms with Crippen LogP contribution in [0.5, 0.6) is 0 Å². The molecule has 1 atom stereocenters. The molecule has 4 amide bonds. The number of amides is 4. The second-order valence-electron chi connectivity index (χ2n) is 8.27. The van der Waals surface area contributed by atoms with Gasteiger partial charge < -0.3 is 20.9 Å². The third kappa shape index (κ3) is 6.11. The topological polar surface area (TPSA) is 108 Å². The highest BCUT2D eigenvalue weighted by atomic mass is 16.2. The number of carbonyl (C=O) groups excluding carboxylic acids is 4. The Morgan fingerprint density at radius 2 is 1.46 bits per heavy atom. The molecular formula is C27H26N4O4. The van der Waals surface area contributed by atoms with E-state index < -0.39 is 6.04 Å². The summed E-state index contributed by atoms with van der Waals surface area (Å²) < 4.78 is 0. The number of benzene rings is 3. The number of rotatable bonds is 8. The first-order valence-electron chi connectivity index (χ1n) is 11.4. The zero-order valence-corrected chi connectivity index (χ0v) is 19.1. The summed E-state index contributed by atoms with van der Waals surface area (Å²) in [5.74, 6) is -0.565. The van der Waals surface area contributed by atoms with Gasteiger partial charge in [-0.05, 0) is 66.9 Å². The highest BCUT2D eigenvalue weighted by Crippen LogP contribution is 2.22. The van der Waals surface area contributed by atoms with Crippen LogP contribution in [0.4, 0.5) is 17.1 Å². The molecule has 0 spiro atoms. The van der Waals surface area contributed by atoms with Crippen molar-refractivity contribution in [1.29, 1.82) is 0 Å². The van der Waals surface area contributed by atoms with Crippen LogP contribution in [0.2, 0.25) is 0 Å². The predicted molar refractivity (Wildman–Crippen MR) is 134 cm³/mol. The molecule has 1 aliphatic rings. The van der Waals surface area contributed by atoms with Crippen molar-refractivity contribution in [2.24, 2.45) is 0 Å². The molecule has 0 radical (unpaired) electrons. The molecule has 3 aromatic rings. The van der Waals surface area contributed by atoms with Crippen molar-refractivity contribution in [1.82, 2.24) is 4.90 Å². The minimum atomic E-state index is -0.498. The van der Waals surface area contributed by atoms with Crippen molar-refractivity contribution < 1.29 is 19.2 Å². The standard InChI is InChI=1S/C27H26N4O4/c32-18-28-21-10-8-20(9-11-21)26(34)29-22-12-14-23(15-13-22)30-27(35)24-7-4-16-31(24)25(33)17-19-5-2-1-3-6-19/h1-3,5-6,8-15,18,24H,4,7,16-17H2,(H,28,32)(H,29,34)(H,30,35)/t24-/m0/s1. The first kappa shape index (κ1) is 23.7. The summed E-state index contributed by atoms with van der Waals surface area (Å²) in [5, 5.41) is 8.19. The van der Waals surface area contributed by atoms with Crippen molar-refractivity contribution in [3.63, 3.8) is 0 Å². The van der Waals surface area contributed by atoms with E-state index in [1.807, 2.05) is 30.3 Å². The van der Waals surface area contributed by atoms with Crippen LogP contribution in [0, 0.1) is 0 Å². The van der Waals surface area contributed by atoms with Crippen LogP contribution in [0.3, 0.4) is 0 Å². The Labute approximate surface area is 203 Å². The van der Waals surface area contributed by atoms with Gasteiger partial charge in [0.15, 0.2) is 0 Å². The number of likely N-dealkylation sites (tertiary alicyclic amines) is 1. The van der Waals surface area contributed by atoms with E-state index in [1.165, 1.54) is 0 Å². The van der Waals surface area contributed by atoms with Gasteiger partial charge >= 0.3 is 0 Å². The second kappa shape index (κ2) is 11.1. The van der Waals surface area contributed by atoms with E-state index in [-0.39, 0.29) is 24.1 Å². The quantitative estimate of drug-likeness (QED) is 0.437. The lowest BCUT2D eigenvalue weighted by Gasteiger charge is -2.24. The van der Waals surface area contributed by atoms with Crippen LogP contribution in [-0.4, -0.2) is 41.6 Å². The fraction of sp³-hybridized carbons (Fsp3) is 0.185. The largest absolute Gasteiger partial charge is 0.330 e. The van der Waals surface area contributed by atoms with Gasteiger partial charge in [0, 0.05) is 29.2 Å². The number of carbonyl (C=O) groups is 4. The molecule has 35 heavy (non-hydrogen) atoms. The fourth-order valence-corrected chi connectivity index (χ4v) is 4.06. The monoisotopic (exact) mass is 470 g/mol. The lowest BCUT2D eigenvalue weighted by Crippen LogP contribution is -2.43. The maximum Gasteiger partial charge on any atom is 0.255 e. The average molecular weight is 471 g/mol. The Hall–Kier alpha value is -4.46.